The van der Waals surface area contributed by atoms with Gasteiger partial charge in [-0.05, 0) is 55.3 Å². The average Bonchev–Trinajstić information content (AvgIpc) is 2.63. The van der Waals surface area contributed by atoms with Gasteiger partial charge in [-0.1, -0.05) is 0 Å². The topological polar surface area (TPSA) is 57.2 Å². The summed E-state index contributed by atoms with van der Waals surface area (Å²) in [4.78, 5) is 13.7. The predicted octanol–water partition coefficient (Wildman–Crippen LogP) is 3.12. The largest absolute Gasteiger partial charge is 0.534 e. The van der Waals surface area contributed by atoms with Crippen LogP contribution in [0.3, 0.4) is 0 Å². The van der Waals surface area contributed by atoms with Gasteiger partial charge in [-0.15, -0.1) is 0 Å². The molecular weight excluding hydrogens is 297 g/mol. The molecule has 0 aromatic carbocycles. The number of carbonyl (C=O) groups excluding carboxylic acids is 1. The van der Waals surface area contributed by atoms with Gasteiger partial charge < -0.3 is 18.8 Å². The van der Waals surface area contributed by atoms with Crippen LogP contribution in [-0.2, 0) is 18.8 Å². The van der Waals surface area contributed by atoms with Gasteiger partial charge in [0.25, 0.3) is 0 Å². The minimum absolute atomic E-state index is 0.000703. The van der Waals surface area contributed by atoms with Crippen LogP contribution < -0.4 is 0 Å². The van der Waals surface area contributed by atoms with Crippen molar-refractivity contribution >= 4 is 13.2 Å². The molecule has 2 aliphatic rings. The highest BCUT2D eigenvalue weighted by Crippen LogP contribution is 2.40. The molecule has 6 nitrogen and oxygen atoms in total. The minimum atomic E-state index is -2.60. The molecule has 0 aliphatic carbocycles. The second-order valence-corrected chi connectivity index (χ2v) is 7.78. The van der Waals surface area contributed by atoms with Crippen LogP contribution in [0.1, 0.15) is 59.4 Å². The van der Waals surface area contributed by atoms with Crippen LogP contribution in [-0.4, -0.2) is 48.1 Å². The van der Waals surface area contributed by atoms with E-state index in [-0.39, 0.29) is 24.5 Å². The van der Waals surface area contributed by atoms with Crippen molar-refractivity contribution in [3.63, 3.8) is 0 Å². The molecule has 23 heavy (non-hydrogen) atoms. The van der Waals surface area contributed by atoms with E-state index in [1.165, 1.54) is 0 Å². The molecule has 2 rings (SSSR count). The standard InChI is InChI=1S/C16H28BNO5/c1-11-12(17-22-15(5,6)16(7,8)23-17)20-10-9-18(11)13(19)21-14(2,3)4/h9-10H2,1-8H3/i1D3. The fraction of sp³-hybridized carbons (Fsp3) is 0.812. The smallest absolute Gasteiger partial charge is 0.498 e. The molecule has 7 heteroatoms. The Hall–Kier alpha value is -1.21. The lowest BCUT2D eigenvalue weighted by molar-refractivity contribution is 0.00578. The molecule has 0 aromatic rings. The van der Waals surface area contributed by atoms with Crippen molar-refractivity contribution < 1.29 is 27.7 Å². The zero-order valence-electron chi connectivity index (χ0n) is 18.0. The molecule has 2 heterocycles. The molecule has 0 unspecified atom stereocenters. The summed E-state index contributed by atoms with van der Waals surface area (Å²) in [5.74, 6) is 0. The van der Waals surface area contributed by atoms with Crippen molar-refractivity contribution in [2.24, 2.45) is 0 Å². The molecule has 1 saturated heterocycles. The number of hydrogen-bond donors (Lipinski definition) is 0. The number of rotatable bonds is 1. The highest BCUT2D eigenvalue weighted by molar-refractivity contribution is 6.54. The molecule has 130 valence electrons. The van der Waals surface area contributed by atoms with Crippen molar-refractivity contribution in [3.05, 3.63) is 11.4 Å². The molecule has 2 aliphatic heterocycles. The molecule has 0 radical (unpaired) electrons. The first-order chi connectivity index (χ1) is 11.6. The SMILES string of the molecule is [2H]C([2H])([2H])C1=C(B2OC(C)(C)C(C)(C)O2)OCCN1C(=O)OC(C)(C)C. The summed E-state index contributed by atoms with van der Waals surface area (Å²) in [6.07, 6.45) is -0.735. The molecule has 0 atom stereocenters. The predicted molar refractivity (Wildman–Crippen MR) is 87.7 cm³/mol. The lowest BCUT2D eigenvalue weighted by Crippen LogP contribution is -2.43. The summed E-state index contributed by atoms with van der Waals surface area (Å²) >= 11 is 0. The molecule has 1 amide bonds. The molecule has 0 saturated carbocycles. The summed E-state index contributed by atoms with van der Waals surface area (Å²) in [6, 6.07) is 0. The first-order valence-corrected chi connectivity index (χ1v) is 7.79. The number of nitrogens with zero attached hydrogens (tertiary/aromatic N) is 1. The van der Waals surface area contributed by atoms with Crippen molar-refractivity contribution in [3.8, 4) is 0 Å². The lowest BCUT2D eigenvalue weighted by Gasteiger charge is -2.32. The van der Waals surface area contributed by atoms with Crippen LogP contribution in [0.4, 0.5) is 4.79 Å². The molecule has 0 spiro atoms. The van der Waals surface area contributed by atoms with Gasteiger partial charge in [-0.25, -0.2) is 4.79 Å². The van der Waals surface area contributed by atoms with E-state index in [1.54, 1.807) is 20.8 Å². The Morgan fingerprint density at radius 3 is 2.30 bits per heavy atom. The van der Waals surface area contributed by atoms with Crippen LogP contribution in [0.2, 0.25) is 0 Å². The lowest BCUT2D eigenvalue weighted by atomic mass is 9.84. The van der Waals surface area contributed by atoms with E-state index in [2.05, 4.69) is 0 Å². The fourth-order valence-electron chi connectivity index (χ4n) is 2.19. The van der Waals surface area contributed by atoms with E-state index in [1.807, 2.05) is 27.7 Å². The van der Waals surface area contributed by atoms with E-state index in [0.29, 0.717) is 0 Å². The van der Waals surface area contributed by atoms with Crippen molar-refractivity contribution in [2.45, 2.75) is 72.1 Å². The Kier molecular flexibility index (Phi) is 3.51. The third-order valence-electron chi connectivity index (χ3n) is 4.16. The number of hydrogen-bond acceptors (Lipinski definition) is 5. The van der Waals surface area contributed by atoms with Crippen LogP contribution in [0, 0.1) is 0 Å². The summed E-state index contributed by atoms with van der Waals surface area (Å²) in [6.45, 7) is 10.2. The van der Waals surface area contributed by atoms with Gasteiger partial charge in [0.15, 0.2) is 0 Å². The molecular formula is C16H28BNO5. The van der Waals surface area contributed by atoms with Gasteiger partial charge in [-0.2, -0.15) is 0 Å². The maximum Gasteiger partial charge on any atom is 0.534 e. The number of allylic oxidation sites excluding steroid dienone is 1. The van der Waals surface area contributed by atoms with Gasteiger partial charge in [0.2, 0.25) is 0 Å². The Bertz CT molecular complexity index is 594. The minimum Gasteiger partial charge on any atom is -0.498 e. The van der Waals surface area contributed by atoms with Gasteiger partial charge in [0.1, 0.15) is 17.9 Å². The number of ether oxygens (including phenoxy) is 2. The van der Waals surface area contributed by atoms with E-state index < -0.39 is 36.9 Å². The Labute approximate surface area is 143 Å². The molecule has 1 fully saturated rings. The fourth-order valence-corrected chi connectivity index (χ4v) is 2.19. The zero-order chi connectivity index (χ0) is 20.1. The quantitative estimate of drug-likeness (QED) is 0.692. The second-order valence-electron chi connectivity index (χ2n) is 7.78. The van der Waals surface area contributed by atoms with E-state index >= 15 is 0 Å². The Morgan fingerprint density at radius 2 is 1.83 bits per heavy atom. The summed E-state index contributed by atoms with van der Waals surface area (Å²) < 4.78 is 46.6. The Morgan fingerprint density at radius 1 is 1.26 bits per heavy atom. The van der Waals surface area contributed by atoms with Crippen LogP contribution in [0.15, 0.2) is 11.4 Å². The van der Waals surface area contributed by atoms with Crippen LogP contribution in [0.5, 0.6) is 0 Å². The summed E-state index contributed by atoms with van der Waals surface area (Å²) in [5, 5.41) is 0. The second kappa shape index (κ2) is 5.70. The van der Waals surface area contributed by atoms with Crippen LogP contribution >= 0.6 is 0 Å². The first kappa shape index (κ1) is 14.2. The van der Waals surface area contributed by atoms with Crippen molar-refractivity contribution in [2.75, 3.05) is 13.2 Å². The van der Waals surface area contributed by atoms with Crippen molar-refractivity contribution in [1.29, 1.82) is 0 Å². The average molecular weight is 328 g/mol. The Balaban J connectivity index is 2.45. The van der Waals surface area contributed by atoms with Crippen molar-refractivity contribution in [1.82, 2.24) is 4.90 Å². The molecule has 0 aromatic heterocycles. The van der Waals surface area contributed by atoms with E-state index in [0.717, 1.165) is 4.90 Å². The normalized spacial score (nSPS) is 26.3. The number of amides is 1. The third kappa shape index (κ3) is 3.66. The zero-order valence-corrected chi connectivity index (χ0v) is 15.0. The van der Waals surface area contributed by atoms with Gasteiger partial charge in [-0.3, -0.25) is 4.90 Å². The maximum atomic E-state index is 12.6. The van der Waals surface area contributed by atoms with E-state index in [4.69, 9.17) is 22.9 Å². The third-order valence-corrected chi connectivity index (χ3v) is 4.16. The van der Waals surface area contributed by atoms with Gasteiger partial charge in [0.05, 0.1) is 23.4 Å². The maximum absolute atomic E-state index is 12.6. The van der Waals surface area contributed by atoms with Gasteiger partial charge >= 0.3 is 13.2 Å². The first-order valence-electron chi connectivity index (χ1n) is 9.29. The summed E-state index contributed by atoms with van der Waals surface area (Å²) in [7, 11) is -1.01. The number of carbonyl (C=O) groups is 1. The highest BCUT2D eigenvalue weighted by atomic mass is 16.7. The highest BCUT2D eigenvalue weighted by Gasteiger charge is 2.54. The van der Waals surface area contributed by atoms with E-state index in [9.17, 15) is 4.79 Å². The van der Waals surface area contributed by atoms with Crippen LogP contribution in [0.25, 0.3) is 0 Å². The monoisotopic (exact) mass is 328 g/mol. The molecule has 0 N–H and O–H groups in total. The summed E-state index contributed by atoms with van der Waals surface area (Å²) in [5.41, 5.74) is -2.33. The molecule has 0 bridgehead atoms. The van der Waals surface area contributed by atoms with Gasteiger partial charge in [0, 0.05) is 4.11 Å².